The molecule has 3 nitrogen and oxygen atoms in total. The summed E-state index contributed by atoms with van der Waals surface area (Å²) in [4.78, 5) is 0. The highest BCUT2D eigenvalue weighted by molar-refractivity contribution is 5.88. The molecule has 2 aromatic carbocycles. The number of hydrogen-bond acceptors (Lipinski definition) is 2. The minimum Gasteiger partial charge on any atom is -0.382 e. The molecule has 1 aromatic heterocycles. The summed E-state index contributed by atoms with van der Waals surface area (Å²) in [5.41, 5.74) is 10.8. The molecule has 0 amide bonds. The van der Waals surface area contributed by atoms with Crippen molar-refractivity contribution >= 4 is 5.82 Å². The summed E-state index contributed by atoms with van der Waals surface area (Å²) in [7, 11) is 0. The summed E-state index contributed by atoms with van der Waals surface area (Å²) in [6, 6.07) is 14.4. The first-order chi connectivity index (χ1) is 10.2. The van der Waals surface area contributed by atoms with E-state index in [9.17, 15) is 4.39 Å². The van der Waals surface area contributed by atoms with Crippen LogP contribution in [0.1, 0.15) is 12.5 Å². The van der Waals surface area contributed by atoms with Crippen LogP contribution in [0.5, 0.6) is 0 Å². The Balaban J connectivity index is 2.19. The van der Waals surface area contributed by atoms with Gasteiger partial charge in [0.25, 0.3) is 0 Å². The molecule has 0 atom stereocenters. The number of halogens is 1. The molecule has 0 radical (unpaired) electrons. The van der Waals surface area contributed by atoms with Crippen molar-refractivity contribution in [2.75, 3.05) is 5.73 Å². The lowest BCUT2D eigenvalue weighted by atomic mass is 9.96. The number of rotatable bonds is 3. The first kappa shape index (κ1) is 13.4. The summed E-state index contributed by atoms with van der Waals surface area (Å²) in [6.45, 7) is 2.11. The second-order valence-electron chi connectivity index (χ2n) is 4.88. The van der Waals surface area contributed by atoms with Crippen LogP contribution in [-0.2, 0) is 6.42 Å². The predicted molar refractivity (Wildman–Crippen MR) is 83.2 cm³/mol. The number of aromatic amines is 1. The minimum absolute atomic E-state index is 0.267. The van der Waals surface area contributed by atoms with Gasteiger partial charge in [0.15, 0.2) is 5.82 Å². The van der Waals surface area contributed by atoms with Crippen LogP contribution in [-0.4, -0.2) is 10.2 Å². The van der Waals surface area contributed by atoms with Crippen LogP contribution >= 0.6 is 0 Å². The molecule has 1 heterocycles. The molecule has 0 spiro atoms. The molecule has 0 fully saturated rings. The molecule has 4 heteroatoms. The molecule has 0 aliphatic carbocycles. The summed E-state index contributed by atoms with van der Waals surface area (Å²) < 4.78 is 13.1. The number of benzene rings is 2. The Kier molecular flexibility index (Phi) is 3.44. The van der Waals surface area contributed by atoms with Crippen LogP contribution in [0.4, 0.5) is 10.2 Å². The average Bonchev–Trinajstić information content (AvgIpc) is 2.90. The van der Waals surface area contributed by atoms with Gasteiger partial charge in [0.05, 0.1) is 11.3 Å². The Morgan fingerprint density at radius 2 is 1.81 bits per heavy atom. The van der Waals surface area contributed by atoms with Crippen LogP contribution in [0, 0.1) is 5.82 Å². The molecule has 3 rings (SSSR count). The number of aryl methyl sites for hydroxylation is 1. The van der Waals surface area contributed by atoms with E-state index in [1.807, 2.05) is 18.2 Å². The van der Waals surface area contributed by atoms with Crippen LogP contribution in [0.15, 0.2) is 48.5 Å². The molecule has 21 heavy (non-hydrogen) atoms. The van der Waals surface area contributed by atoms with Gasteiger partial charge in [-0.05, 0) is 29.7 Å². The van der Waals surface area contributed by atoms with E-state index < -0.39 is 0 Å². The Bertz CT molecular complexity index is 760. The van der Waals surface area contributed by atoms with Gasteiger partial charge < -0.3 is 5.73 Å². The van der Waals surface area contributed by atoms with E-state index in [-0.39, 0.29) is 5.82 Å². The number of H-pyrrole nitrogens is 1. The van der Waals surface area contributed by atoms with Crippen molar-refractivity contribution in [1.29, 1.82) is 0 Å². The monoisotopic (exact) mass is 281 g/mol. The third kappa shape index (κ3) is 2.40. The standard InChI is InChI=1S/C17H16FN3/c1-2-11-5-3-4-6-14(11)16-15(17(19)21-20-16)12-7-9-13(18)10-8-12/h3-10H,2H2,1H3,(H3,19,20,21). The Hall–Kier alpha value is -2.62. The minimum atomic E-state index is -0.267. The molecule has 3 aromatic rings. The zero-order valence-electron chi connectivity index (χ0n) is 11.7. The smallest absolute Gasteiger partial charge is 0.153 e. The fourth-order valence-electron chi connectivity index (χ4n) is 2.53. The second-order valence-corrected chi connectivity index (χ2v) is 4.88. The van der Waals surface area contributed by atoms with Crippen molar-refractivity contribution in [3.63, 3.8) is 0 Å². The number of aromatic nitrogens is 2. The quantitative estimate of drug-likeness (QED) is 0.761. The van der Waals surface area contributed by atoms with Crippen LogP contribution < -0.4 is 5.73 Å². The summed E-state index contributed by atoms with van der Waals surface area (Å²) in [5.74, 6) is 0.152. The lowest BCUT2D eigenvalue weighted by molar-refractivity contribution is 0.628. The normalized spacial score (nSPS) is 10.8. The van der Waals surface area contributed by atoms with E-state index in [1.165, 1.54) is 17.7 Å². The van der Waals surface area contributed by atoms with E-state index >= 15 is 0 Å². The highest BCUT2D eigenvalue weighted by Crippen LogP contribution is 2.36. The number of nitrogen functional groups attached to an aromatic ring is 1. The molecule has 0 bridgehead atoms. The predicted octanol–water partition coefficient (Wildman–Crippen LogP) is 4.03. The zero-order valence-corrected chi connectivity index (χ0v) is 11.7. The van der Waals surface area contributed by atoms with E-state index in [4.69, 9.17) is 5.73 Å². The maximum Gasteiger partial charge on any atom is 0.153 e. The molecular formula is C17H16FN3. The maximum atomic E-state index is 13.1. The number of nitrogens with one attached hydrogen (secondary N) is 1. The van der Waals surface area contributed by atoms with Gasteiger partial charge in [0.2, 0.25) is 0 Å². The third-order valence-electron chi connectivity index (χ3n) is 3.59. The molecule has 3 N–H and O–H groups in total. The fraction of sp³-hybridized carbons (Fsp3) is 0.118. The largest absolute Gasteiger partial charge is 0.382 e. The number of anilines is 1. The van der Waals surface area contributed by atoms with Gasteiger partial charge in [0.1, 0.15) is 5.82 Å². The summed E-state index contributed by atoms with van der Waals surface area (Å²) in [5, 5.41) is 7.14. The summed E-state index contributed by atoms with van der Waals surface area (Å²) >= 11 is 0. The molecule has 106 valence electrons. The van der Waals surface area contributed by atoms with Crippen molar-refractivity contribution in [2.45, 2.75) is 13.3 Å². The maximum absolute atomic E-state index is 13.1. The van der Waals surface area contributed by atoms with Crippen molar-refractivity contribution in [3.8, 4) is 22.4 Å². The zero-order chi connectivity index (χ0) is 14.8. The lowest BCUT2D eigenvalue weighted by Gasteiger charge is -2.09. The van der Waals surface area contributed by atoms with Gasteiger partial charge in [-0.2, -0.15) is 5.10 Å². The van der Waals surface area contributed by atoms with E-state index in [1.54, 1.807) is 12.1 Å². The van der Waals surface area contributed by atoms with Crippen molar-refractivity contribution in [1.82, 2.24) is 10.2 Å². The van der Waals surface area contributed by atoms with Gasteiger partial charge >= 0.3 is 0 Å². The Labute approximate surface area is 122 Å². The second kappa shape index (κ2) is 5.40. The Morgan fingerprint density at radius 3 is 2.52 bits per heavy atom. The number of hydrogen-bond donors (Lipinski definition) is 2. The van der Waals surface area contributed by atoms with Gasteiger partial charge in [-0.25, -0.2) is 4.39 Å². The highest BCUT2D eigenvalue weighted by Gasteiger charge is 2.16. The van der Waals surface area contributed by atoms with E-state index in [2.05, 4.69) is 23.2 Å². The van der Waals surface area contributed by atoms with Crippen LogP contribution in [0.3, 0.4) is 0 Å². The van der Waals surface area contributed by atoms with Crippen LogP contribution in [0.25, 0.3) is 22.4 Å². The SMILES string of the molecule is CCc1ccccc1-c1[nH]nc(N)c1-c1ccc(F)cc1. The number of nitrogens with zero attached hydrogens (tertiary/aromatic N) is 1. The van der Waals surface area contributed by atoms with Crippen molar-refractivity contribution in [3.05, 3.63) is 59.9 Å². The molecule has 0 aliphatic heterocycles. The Morgan fingerprint density at radius 1 is 1.10 bits per heavy atom. The summed E-state index contributed by atoms with van der Waals surface area (Å²) in [6.07, 6.45) is 0.915. The average molecular weight is 281 g/mol. The van der Waals surface area contributed by atoms with Crippen LogP contribution in [0.2, 0.25) is 0 Å². The van der Waals surface area contributed by atoms with E-state index in [0.29, 0.717) is 5.82 Å². The molecule has 0 unspecified atom stereocenters. The van der Waals surface area contributed by atoms with Crippen molar-refractivity contribution in [2.24, 2.45) is 0 Å². The first-order valence-electron chi connectivity index (χ1n) is 6.88. The van der Waals surface area contributed by atoms with E-state index in [0.717, 1.165) is 28.8 Å². The molecule has 0 aliphatic rings. The van der Waals surface area contributed by atoms with Crippen molar-refractivity contribution < 1.29 is 4.39 Å². The number of nitrogens with two attached hydrogens (primary N) is 1. The van der Waals surface area contributed by atoms with Gasteiger partial charge in [-0.3, -0.25) is 5.10 Å². The molecular weight excluding hydrogens is 265 g/mol. The van der Waals surface area contributed by atoms with Gasteiger partial charge in [-0.15, -0.1) is 0 Å². The lowest BCUT2D eigenvalue weighted by Crippen LogP contribution is -1.91. The van der Waals surface area contributed by atoms with Gasteiger partial charge in [0, 0.05) is 5.56 Å². The molecule has 0 saturated carbocycles. The topological polar surface area (TPSA) is 54.7 Å². The molecule has 0 saturated heterocycles. The fourth-order valence-corrected chi connectivity index (χ4v) is 2.53. The van der Waals surface area contributed by atoms with Gasteiger partial charge in [-0.1, -0.05) is 43.3 Å². The third-order valence-corrected chi connectivity index (χ3v) is 3.59. The highest BCUT2D eigenvalue weighted by atomic mass is 19.1. The first-order valence-corrected chi connectivity index (χ1v) is 6.88.